The number of halogens is 1. The monoisotopic (exact) mass is 542 g/mol. The number of aromatic nitrogens is 3. The number of nitrogens with zero attached hydrogens (tertiary/aromatic N) is 4. The molecule has 3 rings (SSSR count). The number of aliphatic imine (C=N–C) groups is 1. The molecule has 3 aromatic heterocycles. The number of guanidine groups is 1. The average Bonchev–Trinajstić information content (AvgIpc) is 3.29. The van der Waals surface area contributed by atoms with Gasteiger partial charge in [-0.25, -0.2) is 14.8 Å². The predicted molar refractivity (Wildman–Crippen MR) is 130 cm³/mol. The molecule has 0 radical (unpaired) electrons. The van der Waals surface area contributed by atoms with E-state index in [1.54, 1.807) is 14.0 Å². The minimum Gasteiger partial charge on any atom is -0.462 e. The number of fused-ring (bicyclic) bond motifs is 1. The van der Waals surface area contributed by atoms with Crippen LogP contribution >= 0.6 is 35.3 Å². The topological polar surface area (TPSA) is 92.9 Å². The number of pyridine rings is 1. The fourth-order valence-electron chi connectivity index (χ4n) is 2.91. The normalized spacial score (nSPS) is 12.4. The van der Waals surface area contributed by atoms with Gasteiger partial charge in [0, 0.05) is 18.9 Å². The lowest BCUT2D eigenvalue weighted by Gasteiger charge is -2.15. The summed E-state index contributed by atoms with van der Waals surface area (Å²) in [5, 5.41) is 7.39. The summed E-state index contributed by atoms with van der Waals surface area (Å²) in [5.41, 5.74) is 3.65. The van der Waals surface area contributed by atoms with Crippen LogP contribution in [0.1, 0.15) is 51.7 Å². The van der Waals surface area contributed by atoms with Crippen LogP contribution in [0.5, 0.6) is 0 Å². The Kier molecular flexibility index (Phi) is 8.59. The summed E-state index contributed by atoms with van der Waals surface area (Å²) in [6.07, 6.45) is 2.02. The van der Waals surface area contributed by atoms with Crippen LogP contribution in [0.25, 0.3) is 5.65 Å². The summed E-state index contributed by atoms with van der Waals surface area (Å²) >= 11 is 1.34. The van der Waals surface area contributed by atoms with Crippen molar-refractivity contribution in [1.82, 2.24) is 25.0 Å². The van der Waals surface area contributed by atoms with Gasteiger partial charge in [0.05, 0.1) is 30.6 Å². The molecule has 1 atom stereocenters. The number of nitrogens with one attached hydrogen (secondary N) is 2. The van der Waals surface area contributed by atoms with Crippen LogP contribution in [0.4, 0.5) is 0 Å². The molecule has 0 fully saturated rings. The summed E-state index contributed by atoms with van der Waals surface area (Å²) in [6, 6.07) is 5.92. The molecule has 0 aromatic carbocycles. The van der Waals surface area contributed by atoms with E-state index >= 15 is 0 Å². The Labute approximate surface area is 197 Å². The molecule has 0 bridgehead atoms. The number of imidazole rings is 1. The Morgan fingerprint density at radius 3 is 2.77 bits per heavy atom. The minimum atomic E-state index is -0.328. The zero-order valence-electron chi connectivity index (χ0n) is 17.7. The van der Waals surface area contributed by atoms with Crippen LogP contribution in [-0.4, -0.2) is 40.0 Å². The second-order valence-electron chi connectivity index (χ2n) is 6.61. The zero-order valence-corrected chi connectivity index (χ0v) is 20.9. The fraction of sp³-hybridized carbons (Fsp3) is 0.400. The summed E-state index contributed by atoms with van der Waals surface area (Å²) < 4.78 is 7.15. The molecule has 8 nitrogen and oxygen atoms in total. The summed E-state index contributed by atoms with van der Waals surface area (Å²) in [4.78, 5) is 26.0. The van der Waals surface area contributed by atoms with E-state index in [9.17, 15) is 4.79 Å². The van der Waals surface area contributed by atoms with E-state index in [0.29, 0.717) is 29.7 Å². The molecule has 0 aliphatic heterocycles. The molecule has 0 saturated heterocycles. The van der Waals surface area contributed by atoms with Crippen molar-refractivity contribution in [3.63, 3.8) is 0 Å². The van der Waals surface area contributed by atoms with Crippen LogP contribution in [0.3, 0.4) is 0 Å². The first-order valence-electron chi connectivity index (χ1n) is 9.48. The Morgan fingerprint density at radius 2 is 2.10 bits per heavy atom. The quantitative estimate of drug-likeness (QED) is 0.214. The Balaban J connectivity index is 0.00000320. The second-order valence-corrected chi connectivity index (χ2v) is 7.64. The van der Waals surface area contributed by atoms with Crippen molar-refractivity contribution in [3.8, 4) is 0 Å². The maximum Gasteiger partial charge on any atom is 0.350 e. The van der Waals surface area contributed by atoms with Gasteiger partial charge in [0.15, 0.2) is 5.96 Å². The number of ether oxygens (including phenoxy) is 1. The Bertz CT molecular complexity index is 1050. The number of carbonyl (C=O) groups is 1. The maximum atomic E-state index is 12.0. The molecule has 0 saturated carbocycles. The van der Waals surface area contributed by atoms with Crippen molar-refractivity contribution < 1.29 is 9.53 Å². The molecule has 0 aliphatic rings. The molecule has 162 valence electrons. The zero-order chi connectivity index (χ0) is 21.0. The highest BCUT2D eigenvalue weighted by molar-refractivity contribution is 14.0. The molecular weight excluding hydrogens is 515 g/mol. The number of hydrogen-bond donors (Lipinski definition) is 2. The van der Waals surface area contributed by atoms with Crippen LogP contribution < -0.4 is 10.6 Å². The third-order valence-corrected chi connectivity index (χ3v) is 5.72. The summed E-state index contributed by atoms with van der Waals surface area (Å²) in [5.74, 6) is 0.308. The van der Waals surface area contributed by atoms with Crippen molar-refractivity contribution in [2.75, 3.05) is 13.7 Å². The number of carbonyl (C=O) groups excluding carboxylic acids is 1. The van der Waals surface area contributed by atoms with Gasteiger partial charge in [-0.2, -0.15) is 0 Å². The number of aryl methyl sites for hydroxylation is 2. The van der Waals surface area contributed by atoms with Crippen molar-refractivity contribution in [1.29, 1.82) is 0 Å². The molecule has 10 heteroatoms. The van der Waals surface area contributed by atoms with Crippen molar-refractivity contribution in [2.24, 2.45) is 4.99 Å². The molecule has 2 N–H and O–H groups in total. The van der Waals surface area contributed by atoms with Crippen LogP contribution in [0.15, 0.2) is 29.4 Å². The van der Waals surface area contributed by atoms with Gasteiger partial charge in [-0.05, 0) is 39.8 Å². The van der Waals surface area contributed by atoms with E-state index in [4.69, 9.17) is 4.74 Å². The highest BCUT2D eigenvalue weighted by Crippen LogP contribution is 2.24. The Hall–Kier alpha value is -2.21. The molecular formula is C20H27IN6O2S. The molecule has 3 aromatic rings. The lowest BCUT2D eigenvalue weighted by molar-refractivity contribution is 0.0531. The first-order chi connectivity index (χ1) is 13.9. The minimum absolute atomic E-state index is 0. The SMILES string of the molecule is CCOC(=O)c1sc(C(C)NC(=NC)NCc2cn3c(C)cccc3n2)nc1C.I. The highest BCUT2D eigenvalue weighted by Gasteiger charge is 2.20. The number of rotatable bonds is 6. The standard InChI is InChI=1S/C20H26N6O2S.HI/c1-6-28-19(27)17-13(3)23-18(29-17)14(4)24-20(21-5)22-10-15-11-26-12(2)8-7-9-16(26)25-15;/h7-9,11,14H,6,10H2,1-5H3,(H2,21,22,24);1H. The van der Waals surface area contributed by atoms with Gasteiger partial charge in [0.2, 0.25) is 0 Å². The van der Waals surface area contributed by atoms with Crippen LogP contribution in [0, 0.1) is 13.8 Å². The number of hydrogen-bond acceptors (Lipinski definition) is 6. The molecule has 30 heavy (non-hydrogen) atoms. The van der Waals surface area contributed by atoms with E-state index in [1.165, 1.54) is 11.3 Å². The lowest BCUT2D eigenvalue weighted by Crippen LogP contribution is -2.38. The molecule has 0 spiro atoms. The van der Waals surface area contributed by atoms with Crippen molar-refractivity contribution in [2.45, 2.75) is 40.3 Å². The first kappa shape index (κ1) is 24.1. The third-order valence-electron chi connectivity index (χ3n) is 4.40. The number of esters is 1. The molecule has 3 heterocycles. The second kappa shape index (κ2) is 10.7. The van der Waals surface area contributed by atoms with Crippen molar-refractivity contribution >= 4 is 52.9 Å². The van der Waals surface area contributed by atoms with Gasteiger partial charge in [-0.3, -0.25) is 4.99 Å². The summed E-state index contributed by atoms with van der Waals surface area (Å²) in [7, 11) is 1.72. The Morgan fingerprint density at radius 1 is 1.33 bits per heavy atom. The number of thiazole rings is 1. The third kappa shape index (κ3) is 5.48. The molecule has 1 unspecified atom stereocenters. The van der Waals surface area contributed by atoms with E-state index < -0.39 is 0 Å². The van der Waals surface area contributed by atoms with E-state index in [1.807, 2.05) is 32.2 Å². The van der Waals surface area contributed by atoms with Gasteiger partial charge < -0.3 is 19.8 Å². The van der Waals surface area contributed by atoms with E-state index in [0.717, 1.165) is 22.0 Å². The van der Waals surface area contributed by atoms with E-state index in [2.05, 4.69) is 43.0 Å². The molecule has 0 amide bonds. The lowest BCUT2D eigenvalue weighted by atomic mass is 10.3. The van der Waals surface area contributed by atoms with E-state index in [-0.39, 0.29) is 36.0 Å². The average molecular weight is 542 g/mol. The first-order valence-corrected chi connectivity index (χ1v) is 10.3. The molecule has 0 aliphatic carbocycles. The predicted octanol–water partition coefficient (Wildman–Crippen LogP) is 3.63. The maximum absolute atomic E-state index is 12.0. The summed E-state index contributed by atoms with van der Waals surface area (Å²) in [6.45, 7) is 8.52. The fourth-order valence-corrected chi connectivity index (χ4v) is 3.87. The van der Waals surface area contributed by atoms with Crippen LogP contribution in [-0.2, 0) is 11.3 Å². The highest BCUT2D eigenvalue weighted by atomic mass is 127. The van der Waals surface area contributed by atoms with Gasteiger partial charge in [-0.15, -0.1) is 35.3 Å². The van der Waals surface area contributed by atoms with Gasteiger partial charge in [-0.1, -0.05) is 6.07 Å². The van der Waals surface area contributed by atoms with Gasteiger partial charge >= 0.3 is 5.97 Å². The van der Waals surface area contributed by atoms with Crippen molar-refractivity contribution in [3.05, 3.63) is 51.4 Å². The largest absolute Gasteiger partial charge is 0.462 e. The van der Waals surface area contributed by atoms with Crippen LogP contribution in [0.2, 0.25) is 0 Å². The smallest absolute Gasteiger partial charge is 0.350 e. The van der Waals surface area contributed by atoms with Gasteiger partial charge in [0.25, 0.3) is 0 Å². The van der Waals surface area contributed by atoms with Gasteiger partial charge in [0.1, 0.15) is 15.5 Å².